The van der Waals surface area contributed by atoms with Gasteiger partial charge in [0.25, 0.3) is 11.8 Å². The molecule has 0 saturated heterocycles. The first-order valence-electron chi connectivity index (χ1n) is 24.8. The minimum absolute atomic E-state index is 0.0207. The van der Waals surface area contributed by atoms with E-state index in [0.717, 1.165) is 46.5 Å². The molecule has 9 rings (SSSR count). The first-order chi connectivity index (χ1) is 35.3. The number of ether oxygens (including phenoxy) is 3. The lowest BCUT2D eigenvalue weighted by Crippen LogP contribution is -2.43. The van der Waals surface area contributed by atoms with E-state index in [1.54, 1.807) is 23.1 Å². The monoisotopic (exact) mass is 989 g/mol. The maximum atomic E-state index is 14.1. The Bertz CT molecular complexity index is 3020. The van der Waals surface area contributed by atoms with Gasteiger partial charge in [-0.15, -0.1) is 0 Å². The quantitative estimate of drug-likeness (QED) is 0.0707. The van der Waals surface area contributed by atoms with Crippen molar-refractivity contribution in [2.45, 2.75) is 109 Å². The minimum Gasteiger partial charge on any atom is -0.493 e. The maximum absolute atomic E-state index is 14.1. The highest BCUT2D eigenvalue weighted by Gasteiger charge is 2.42. The number of amides is 5. The molecule has 4 aliphatic heterocycles. The van der Waals surface area contributed by atoms with Crippen LogP contribution in [0.5, 0.6) is 17.2 Å². The van der Waals surface area contributed by atoms with Crippen molar-refractivity contribution < 1.29 is 52.9 Å². The second-order valence-electron chi connectivity index (χ2n) is 19.2. The number of fused-ring (bicyclic) bond motifs is 8. The number of carbonyl (C=O) groups excluding carboxylic acids is 7. The van der Waals surface area contributed by atoms with E-state index in [4.69, 9.17) is 14.2 Å². The molecule has 0 saturated carbocycles. The molecule has 0 aromatic heterocycles. The summed E-state index contributed by atoms with van der Waals surface area (Å²) < 4.78 is 18.7. The SMILES string of the molecule is CNC(=O)CCC(=O)CCC(=O)NCC(=O)CCC(=O)Nc1cc(COc2cc3c(cc2C)C(=O)N2c4ccccc4C[C@H]2C(O)C3)cc(COc2cc3c(cc2OC)C(=O)N2c4ccccc4C[C@H]2CC3)c1. The molecule has 0 radical (unpaired) electrons. The van der Waals surface area contributed by atoms with E-state index in [9.17, 15) is 38.7 Å². The Balaban J connectivity index is 0.896. The summed E-state index contributed by atoms with van der Waals surface area (Å²) in [6.45, 7) is 1.66. The van der Waals surface area contributed by atoms with E-state index in [0.29, 0.717) is 63.6 Å². The molecule has 378 valence electrons. The van der Waals surface area contributed by atoms with E-state index in [1.165, 1.54) is 14.2 Å². The fraction of sp³-hybridized carbons (Fsp3) is 0.351. The van der Waals surface area contributed by atoms with Crippen LogP contribution in [0.1, 0.15) is 105 Å². The number of benzene rings is 5. The molecule has 3 atom stereocenters. The van der Waals surface area contributed by atoms with Crippen LogP contribution in [0.3, 0.4) is 0 Å². The average molecular weight is 990 g/mol. The van der Waals surface area contributed by atoms with Crippen LogP contribution >= 0.6 is 0 Å². The van der Waals surface area contributed by atoms with Crippen LogP contribution in [-0.2, 0) is 62.9 Å². The normalized spacial score (nSPS) is 17.1. The van der Waals surface area contributed by atoms with Gasteiger partial charge in [0.2, 0.25) is 17.7 Å². The van der Waals surface area contributed by atoms with Crippen molar-refractivity contribution in [3.8, 4) is 17.2 Å². The number of nitrogens with one attached hydrogen (secondary N) is 3. The Morgan fingerprint density at radius 3 is 1.95 bits per heavy atom. The molecule has 0 bridgehead atoms. The second kappa shape index (κ2) is 21.9. The summed E-state index contributed by atoms with van der Waals surface area (Å²) in [4.78, 5) is 93.8. The van der Waals surface area contributed by atoms with Crippen molar-refractivity contribution in [2.24, 2.45) is 0 Å². The van der Waals surface area contributed by atoms with Gasteiger partial charge in [-0.05, 0) is 126 Å². The molecule has 0 fully saturated rings. The number of rotatable bonds is 19. The predicted octanol–water partition coefficient (Wildman–Crippen LogP) is 6.45. The maximum Gasteiger partial charge on any atom is 0.258 e. The van der Waals surface area contributed by atoms with Gasteiger partial charge in [0, 0.05) is 86.2 Å². The van der Waals surface area contributed by atoms with Gasteiger partial charge in [-0.2, -0.15) is 0 Å². The molecule has 5 amide bonds. The van der Waals surface area contributed by atoms with Gasteiger partial charge >= 0.3 is 0 Å². The fourth-order valence-corrected chi connectivity index (χ4v) is 10.4. The topological polar surface area (TPSA) is 210 Å². The van der Waals surface area contributed by atoms with Crippen LogP contribution in [0.2, 0.25) is 0 Å². The van der Waals surface area contributed by atoms with E-state index in [1.807, 2.05) is 78.6 Å². The zero-order valence-corrected chi connectivity index (χ0v) is 41.2. The van der Waals surface area contributed by atoms with E-state index < -0.39 is 17.9 Å². The van der Waals surface area contributed by atoms with Gasteiger partial charge in [-0.1, -0.05) is 36.4 Å². The van der Waals surface area contributed by atoms with Gasteiger partial charge in [0.05, 0.1) is 25.8 Å². The number of ketones is 2. The number of nitrogens with zero attached hydrogens (tertiary/aromatic N) is 2. The van der Waals surface area contributed by atoms with Gasteiger partial charge in [-0.25, -0.2) is 0 Å². The van der Waals surface area contributed by atoms with Crippen molar-refractivity contribution in [1.29, 1.82) is 0 Å². The predicted molar refractivity (Wildman–Crippen MR) is 272 cm³/mol. The average Bonchev–Trinajstić information content (AvgIpc) is 3.92. The second-order valence-corrected chi connectivity index (χ2v) is 19.2. The fourth-order valence-electron chi connectivity index (χ4n) is 10.4. The van der Waals surface area contributed by atoms with Crippen LogP contribution < -0.4 is 40.0 Å². The van der Waals surface area contributed by atoms with Gasteiger partial charge in [0.1, 0.15) is 24.7 Å². The molecular formula is C57H59N5O11. The molecule has 73 heavy (non-hydrogen) atoms. The van der Waals surface area contributed by atoms with Crippen LogP contribution in [0, 0.1) is 6.92 Å². The van der Waals surface area contributed by atoms with E-state index >= 15 is 0 Å². The molecule has 1 unspecified atom stereocenters. The summed E-state index contributed by atoms with van der Waals surface area (Å²) in [6, 6.07) is 28.1. The smallest absolute Gasteiger partial charge is 0.258 e. The van der Waals surface area contributed by atoms with Gasteiger partial charge in [-0.3, -0.25) is 33.6 Å². The van der Waals surface area contributed by atoms with Crippen molar-refractivity contribution >= 4 is 58.2 Å². The number of aliphatic hydroxyl groups is 1. The Morgan fingerprint density at radius 1 is 0.630 bits per heavy atom. The summed E-state index contributed by atoms with van der Waals surface area (Å²) >= 11 is 0. The first-order valence-corrected chi connectivity index (χ1v) is 24.8. The number of carbonyl (C=O) groups is 7. The Hall–Kier alpha value is -7.85. The molecule has 16 heteroatoms. The van der Waals surface area contributed by atoms with Crippen LogP contribution in [0.25, 0.3) is 0 Å². The molecule has 16 nitrogen and oxygen atoms in total. The molecule has 0 aliphatic carbocycles. The standard InChI is InChI=1S/C57H59N5O11/c1-33-20-44-39(26-49(65)48-25-38-9-5-7-11-47(38)62(48)57(44)70)28-50(33)72-31-34-21-35(23-40(22-34)60-55(68)19-16-43(64)30-59-54(67)18-15-42(63)14-17-53(66)58-2)32-73-52-27-36-12-13-41-24-37-8-4-6-10-46(37)61(41)56(69)45(36)29-51(52)71-3/h4-11,20-23,27-29,41,48-49,65H,12-19,24-26,30-32H2,1-3H3,(H,58,66)(H,59,67)(H,60,68)/t41-,48+,49?/m1/s1. The molecule has 4 aliphatic rings. The van der Waals surface area contributed by atoms with Crippen LogP contribution in [-0.4, -0.2) is 85.1 Å². The van der Waals surface area contributed by atoms with Gasteiger partial charge in [0.15, 0.2) is 17.3 Å². The third-order valence-electron chi connectivity index (χ3n) is 14.2. The van der Waals surface area contributed by atoms with Gasteiger partial charge < -0.3 is 45.1 Å². The van der Waals surface area contributed by atoms with Crippen molar-refractivity contribution in [2.75, 3.05) is 35.8 Å². The highest BCUT2D eigenvalue weighted by molar-refractivity contribution is 6.10. The summed E-state index contributed by atoms with van der Waals surface area (Å²) in [5.74, 6) is -0.681. The lowest BCUT2D eigenvalue weighted by Gasteiger charge is -2.26. The highest BCUT2D eigenvalue weighted by Crippen LogP contribution is 2.42. The Kier molecular flexibility index (Phi) is 15.0. The van der Waals surface area contributed by atoms with Crippen molar-refractivity contribution in [3.05, 3.63) is 141 Å². The largest absolute Gasteiger partial charge is 0.493 e. The first kappa shape index (κ1) is 50.1. The molecule has 5 aromatic rings. The number of hydrogen-bond acceptors (Lipinski definition) is 11. The highest BCUT2D eigenvalue weighted by atomic mass is 16.5. The zero-order valence-electron chi connectivity index (χ0n) is 41.2. The number of hydrogen-bond donors (Lipinski definition) is 4. The summed E-state index contributed by atoms with van der Waals surface area (Å²) in [6.07, 6.45) is 1.83. The van der Waals surface area contributed by atoms with Crippen LogP contribution in [0.15, 0.2) is 91.0 Å². The number of aryl methyl sites for hydroxylation is 2. The molecule has 0 spiro atoms. The lowest BCUT2D eigenvalue weighted by atomic mass is 9.96. The summed E-state index contributed by atoms with van der Waals surface area (Å²) in [5, 5.41) is 19.3. The third kappa shape index (κ3) is 11.1. The molecule has 5 aromatic carbocycles. The van der Waals surface area contributed by atoms with Crippen LogP contribution in [0.4, 0.5) is 17.1 Å². The summed E-state index contributed by atoms with van der Waals surface area (Å²) in [7, 11) is 3.01. The zero-order chi connectivity index (χ0) is 51.3. The van der Waals surface area contributed by atoms with Crippen molar-refractivity contribution in [3.63, 3.8) is 0 Å². The molecular weight excluding hydrogens is 931 g/mol. The summed E-state index contributed by atoms with van der Waals surface area (Å²) in [5.41, 5.74) is 9.03. The number of anilines is 3. The van der Waals surface area contributed by atoms with E-state index in [2.05, 4.69) is 22.0 Å². The van der Waals surface area contributed by atoms with E-state index in [-0.39, 0.29) is 106 Å². The minimum atomic E-state index is -0.798. The third-order valence-corrected chi connectivity index (χ3v) is 14.2. The number of methoxy groups -OCH3 is 1. The number of para-hydroxylation sites is 2. The Morgan fingerprint density at radius 2 is 1.23 bits per heavy atom. The number of Topliss-reactive ketones (excluding diaryl/α,β-unsaturated/α-hetero) is 2. The van der Waals surface area contributed by atoms with Crippen molar-refractivity contribution in [1.82, 2.24) is 10.6 Å². The number of aliphatic hydroxyl groups excluding tert-OH is 1. The Labute approximate surface area is 423 Å². The molecule has 4 N–H and O–H groups in total. The molecule has 4 heterocycles. The lowest BCUT2D eigenvalue weighted by molar-refractivity contribution is -0.128.